The molecule has 1 unspecified atom stereocenters. The number of quaternary nitrogens is 1. The first kappa shape index (κ1) is 42.0. The molecular formula is C43H51N6O8S+. The normalized spacial score (nSPS) is 17.5. The Labute approximate surface area is 338 Å². The monoisotopic (exact) mass is 811 g/mol. The molecule has 6 rings (SSSR count). The van der Waals surface area contributed by atoms with Crippen molar-refractivity contribution in [1.82, 2.24) is 0 Å². The summed E-state index contributed by atoms with van der Waals surface area (Å²) in [5.74, 6) is 7.64. The van der Waals surface area contributed by atoms with E-state index in [0.29, 0.717) is 47.8 Å². The Morgan fingerprint density at radius 3 is 2.02 bits per heavy atom. The number of amides is 2. The quantitative estimate of drug-likeness (QED) is 0.112. The third-order valence-electron chi connectivity index (χ3n) is 11.2. The second-order valence-corrected chi connectivity index (χ2v) is 16.8. The van der Waals surface area contributed by atoms with Gasteiger partial charge in [0.2, 0.25) is 0 Å². The smallest absolute Gasteiger partial charge is 0.356 e. The van der Waals surface area contributed by atoms with Crippen LogP contribution in [-0.2, 0) is 37.3 Å². The molecule has 306 valence electrons. The molecule has 2 amide bonds. The maximum absolute atomic E-state index is 14.0. The number of anilines is 3. The highest BCUT2D eigenvalue weighted by molar-refractivity contribution is 7.85. The molecule has 1 heterocycles. The van der Waals surface area contributed by atoms with Gasteiger partial charge in [-0.2, -0.15) is 20.2 Å². The lowest BCUT2D eigenvalue weighted by Gasteiger charge is -2.31. The van der Waals surface area contributed by atoms with E-state index in [9.17, 15) is 27.6 Å². The zero-order chi connectivity index (χ0) is 41.2. The molecule has 1 saturated heterocycles. The summed E-state index contributed by atoms with van der Waals surface area (Å²) in [5.41, 5.74) is 4.60. The highest BCUT2D eigenvalue weighted by atomic mass is 32.2. The van der Waals surface area contributed by atoms with Crippen LogP contribution in [0.1, 0.15) is 94.1 Å². The molecule has 1 saturated carbocycles. The maximum atomic E-state index is 14.0. The highest BCUT2D eigenvalue weighted by Gasteiger charge is 2.39. The van der Waals surface area contributed by atoms with Crippen LogP contribution in [0.15, 0.2) is 95.9 Å². The lowest BCUT2D eigenvalue weighted by molar-refractivity contribution is -0.797. The molecule has 0 spiro atoms. The molecule has 0 radical (unpaired) electrons. The van der Waals surface area contributed by atoms with Gasteiger partial charge in [-0.25, -0.2) is 9.10 Å². The van der Waals surface area contributed by atoms with E-state index < -0.39 is 33.8 Å². The van der Waals surface area contributed by atoms with Crippen molar-refractivity contribution in [2.45, 2.75) is 75.6 Å². The Morgan fingerprint density at radius 1 is 0.741 bits per heavy atom. The minimum Gasteiger partial charge on any atom is -0.373 e. The first-order chi connectivity index (χ1) is 28.0. The van der Waals surface area contributed by atoms with Crippen molar-refractivity contribution in [2.75, 3.05) is 35.2 Å². The third kappa shape index (κ3) is 10.1. The largest absolute Gasteiger partial charge is 0.373 e. The number of hydrogen-bond acceptors (Lipinski definition) is 11. The van der Waals surface area contributed by atoms with E-state index in [-0.39, 0.29) is 33.7 Å². The molecule has 58 heavy (non-hydrogen) atoms. The fraction of sp³-hybridized carbons (Fsp3) is 0.349. The van der Waals surface area contributed by atoms with Gasteiger partial charge in [-0.1, -0.05) is 30.3 Å². The summed E-state index contributed by atoms with van der Waals surface area (Å²) in [6.45, 7) is 3.81. The Bertz CT molecular complexity index is 2200. The van der Waals surface area contributed by atoms with Crippen LogP contribution in [0.3, 0.4) is 0 Å². The minimum absolute atomic E-state index is 0.00867. The van der Waals surface area contributed by atoms with Gasteiger partial charge >= 0.3 is 22.0 Å². The number of nitrogens with two attached hydrogens (primary N) is 2. The van der Waals surface area contributed by atoms with E-state index in [2.05, 4.69) is 25.2 Å². The molecule has 2 aliphatic rings. The second-order valence-electron chi connectivity index (χ2n) is 14.8. The van der Waals surface area contributed by atoms with Crippen molar-refractivity contribution in [1.29, 1.82) is 0 Å². The molecule has 2 fully saturated rings. The lowest BCUT2D eigenvalue weighted by Crippen LogP contribution is -3.17. The Kier molecular flexibility index (Phi) is 13.9. The number of sulfonamides is 1. The van der Waals surface area contributed by atoms with Gasteiger partial charge in [0.25, 0.3) is 11.8 Å². The Balaban J connectivity index is 1.16. The summed E-state index contributed by atoms with van der Waals surface area (Å²) in [4.78, 5) is 62.3. The van der Waals surface area contributed by atoms with Gasteiger partial charge in [-0.05, 0) is 124 Å². The van der Waals surface area contributed by atoms with E-state index in [4.69, 9.17) is 11.8 Å². The van der Waals surface area contributed by atoms with Gasteiger partial charge in [0.15, 0.2) is 0 Å². The predicted molar refractivity (Wildman–Crippen MR) is 219 cm³/mol. The van der Waals surface area contributed by atoms with Crippen molar-refractivity contribution in [3.63, 3.8) is 0 Å². The molecule has 4 aromatic rings. The van der Waals surface area contributed by atoms with Gasteiger partial charge in [-0.3, -0.25) is 14.4 Å². The Hall–Kier alpha value is -5.61. The molecule has 7 N–H and O–H groups in total. The first-order valence-corrected chi connectivity index (χ1v) is 21.2. The van der Waals surface area contributed by atoms with Gasteiger partial charge in [0.05, 0.1) is 29.3 Å². The topological polar surface area (TPSA) is 205 Å². The van der Waals surface area contributed by atoms with Crippen LogP contribution < -0.4 is 31.6 Å². The molecule has 14 nitrogen and oxygen atoms in total. The third-order valence-corrected chi connectivity index (χ3v) is 13.3. The lowest BCUT2D eigenvalue weighted by atomic mass is 9.86. The number of hydrogen-bond donors (Lipinski definition) is 5. The summed E-state index contributed by atoms with van der Waals surface area (Å²) in [5, 5.41) is 5.86. The van der Waals surface area contributed by atoms with E-state index in [1.165, 1.54) is 18.2 Å². The van der Waals surface area contributed by atoms with Gasteiger partial charge < -0.3 is 25.2 Å². The second kappa shape index (κ2) is 19.2. The van der Waals surface area contributed by atoms with E-state index in [1.807, 2.05) is 42.5 Å². The summed E-state index contributed by atoms with van der Waals surface area (Å²) in [7, 11) is -3.92. The number of carbonyl (C=O) groups is 4. The highest BCUT2D eigenvalue weighted by Crippen LogP contribution is 2.28. The van der Waals surface area contributed by atoms with Crippen LogP contribution in [-0.4, -0.2) is 57.8 Å². The fourth-order valence-corrected chi connectivity index (χ4v) is 9.79. The molecular weight excluding hydrogens is 761 g/mol. The zero-order valence-electron chi connectivity index (χ0n) is 32.6. The molecule has 0 aromatic heterocycles. The first-order valence-electron chi connectivity index (χ1n) is 19.7. The Morgan fingerprint density at radius 2 is 1.40 bits per heavy atom. The molecule has 1 aliphatic carbocycles. The van der Waals surface area contributed by atoms with Crippen LogP contribution in [0.25, 0.3) is 0 Å². The zero-order valence-corrected chi connectivity index (χ0v) is 33.4. The maximum Gasteiger partial charge on any atom is 0.356 e. The number of rotatable bonds is 14. The van der Waals surface area contributed by atoms with Gasteiger partial charge in [0, 0.05) is 42.9 Å². The van der Waals surface area contributed by atoms with Crippen LogP contribution >= 0.6 is 0 Å². The van der Waals surface area contributed by atoms with Crippen molar-refractivity contribution < 1.29 is 41.6 Å². The van der Waals surface area contributed by atoms with Crippen molar-refractivity contribution in [3.05, 3.63) is 119 Å². The van der Waals surface area contributed by atoms with Gasteiger partial charge in [-0.15, -0.1) is 0 Å². The number of nitrogens with zero attached hydrogens (tertiary/aromatic N) is 1. The molecule has 15 heteroatoms. The van der Waals surface area contributed by atoms with Crippen molar-refractivity contribution in [3.8, 4) is 0 Å². The molecule has 0 bridgehead atoms. The SMILES string of the molecule is CC[NH+](C1CCC(C(=O)ON)CC1)S(=O)(=O)c1cccc(C(=O)Nc2ccc(N3CCCCC3)cc2C(=O)Nc2ccc(CCc3ccc(C(=O)ON)cc3)cc2)c1. The summed E-state index contributed by atoms with van der Waals surface area (Å²) in [6.07, 6.45) is 6.68. The van der Waals surface area contributed by atoms with E-state index in [0.717, 1.165) is 62.0 Å². The number of aryl methyl sites for hydroxylation is 2. The van der Waals surface area contributed by atoms with Crippen LogP contribution in [0.4, 0.5) is 17.1 Å². The number of benzene rings is 4. The van der Waals surface area contributed by atoms with Crippen molar-refractivity contribution >= 4 is 50.8 Å². The van der Waals surface area contributed by atoms with E-state index >= 15 is 0 Å². The number of piperidine rings is 1. The molecule has 1 aliphatic heterocycles. The van der Waals surface area contributed by atoms with Crippen LogP contribution in [0, 0.1) is 5.92 Å². The van der Waals surface area contributed by atoms with Crippen LogP contribution in [0.2, 0.25) is 0 Å². The van der Waals surface area contributed by atoms with Crippen LogP contribution in [0.5, 0.6) is 0 Å². The minimum atomic E-state index is -3.92. The van der Waals surface area contributed by atoms with Gasteiger partial charge in [0.1, 0.15) is 10.9 Å². The average Bonchev–Trinajstić information content (AvgIpc) is 3.26. The number of nitrogens with one attached hydrogen (secondary N) is 3. The summed E-state index contributed by atoms with van der Waals surface area (Å²) < 4.78 is 28.3. The fourth-order valence-electron chi connectivity index (χ4n) is 7.89. The molecule has 4 aromatic carbocycles. The summed E-state index contributed by atoms with van der Waals surface area (Å²) in [6, 6.07) is 25.7. The van der Waals surface area contributed by atoms with Crippen molar-refractivity contribution in [2.24, 2.45) is 17.7 Å². The van der Waals surface area contributed by atoms with E-state index in [1.54, 1.807) is 37.3 Å². The number of carbonyl (C=O) groups excluding carboxylic acids is 4. The standard InChI is InChI=1S/C43H50N6O8S/c1-2-49(35-21-17-32(18-22-35)43(53)57-45)58(54,55)37-8-6-7-33(27-37)40(50)47-39-24-23-36(48-25-4-3-5-26-48)28-38(39)41(51)46-34-19-13-30(14-20-34)10-9-29-11-15-31(16-12-29)42(52)56-44/h6-8,11-16,19-20,23-24,27-28,32,35H,2-5,9-10,17-18,21-22,25-26,44-45H2,1H3,(H,46,51)(H,47,50)/p+1. The predicted octanol–water partition coefficient (Wildman–Crippen LogP) is 4.57. The molecule has 1 atom stereocenters. The summed E-state index contributed by atoms with van der Waals surface area (Å²) >= 11 is 0. The average molecular weight is 812 g/mol.